The zero-order chi connectivity index (χ0) is 19.8. The summed E-state index contributed by atoms with van der Waals surface area (Å²) in [7, 11) is 0. The minimum atomic E-state index is -0.660. The summed E-state index contributed by atoms with van der Waals surface area (Å²) in [5, 5.41) is 22.9. The van der Waals surface area contributed by atoms with Crippen LogP contribution in [0.5, 0.6) is 0 Å². The van der Waals surface area contributed by atoms with Crippen molar-refractivity contribution in [3.05, 3.63) is 93.4 Å². The summed E-state index contributed by atoms with van der Waals surface area (Å²) in [6.07, 6.45) is 10.4. The summed E-state index contributed by atoms with van der Waals surface area (Å²) in [6, 6.07) is 9.26. The number of nitrogens with zero attached hydrogens (tertiary/aromatic N) is 3. The van der Waals surface area contributed by atoms with Crippen LogP contribution < -0.4 is 5.32 Å². The van der Waals surface area contributed by atoms with Gasteiger partial charge in [0.1, 0.15) is 6.07 Å². The van der Waals surface area contributed by atoms with Crippen molar-refractivity contribution < 1.29 is 15.2 Å². The molecular formula is C18H23N4O4+. The SMILES string of the molecule is C/C=C\C=C/[NH2+]c1ccc([N+](=O)[O-])cc1[N+](=O)[O-].CC.c1ccncc1. The van der Waals surface area contributed by atoms with Crippen LogP contribution in [0.3, 0.4) is 0 Å². The summed E-state index contributed by atoms with van der Waals surface area (Å²) in [5.41, 5.74) is -0.253. The maximum atomic E-state index is 10.8. The number of pyridine rings is 1. The Morgan fingerprint density at radius 2 is 1.65 bits per heavy atom. The molecule has 2 aromatic rings. The predicted molar refractivity (Wildman–Crippen MR) is 101 cm³/mol. The Morgan fingerprint density at radius 3 is 2.08 bits per heavy atom. The van der Waals surface area contributed by atoms with Crippen LogP contribution in [0.1, 0.15) is 20.8 Å². The molecule has 0 atom stereocenters. The predicted octanol–water partition coefficient (Wildman–Crippen LogP) is 3.90. The molecule has 0 unspecified atom stereocenters. The normalized spacial score (nSPS) is 9.81. The summed E-state index contributed by atoms with van der Waals surface area (Å²) >= 11 is 0. The molecule has 0 saturated carbocycles. The fraction of sp³-hybridized carbons (Fsp3) is 0.167. The second kappa shape index (κ2) is 14.0. The average Bonchev–Trinajstić information content (AvgIpc) is 2.68. The summed E-state index contributed by atoms with van der Waals surface area (Å²) in [5.74, 6) is 0. The van der Waals surface area contributed by atoms with Crippen molar-refractivity contribution in [3.8, 4) is 0 Å². The van der Waals surface area contributed by atoms with Crippen molar-refractivity contribution in [1.29, 1.82) is 0 Å². The average molecular weight is 359 g/mol. The lowest BCUT2D eigenvalue weighted by molar-refractivity contribution is -0.507. The van der Waals surface area contributed by atoms with Gasteiger partial charge >= 0.3 is 5.69 Å². The molecular weight excluding hydrogens is 336 g/mol. The first kappa shape index (κ1) is 22.6. The Morgan fingerprint density at radius 1 is 1.00 bits per heavy atom. The second-order valence-electron chi connectivity index (χ2n) is 4.36. The van der Waals surface area contributed by atoms with Gasteiger partial charge in [-0.25, -0.2) is 0 Å². The number of rotatable bonds is 5. The molecule has 0 bridgehead atoms. The lowest BCUT2D eigenvalue weighted by Gasteiger charge is -1.97. The molecule has 138 valence electrons. The van der Waals surface area contributed by atoms with Crippen LogP contribution in [0.2, 0.25) is 0 Å². The van der Waals surface area contributed by atoms with E-state index in [0.717, 1.165) is 6.07 Å². The van der Waals surface area contributed by atoms with Crippen LogP contribution >= 0.6 is 0 Å². The molecule has 0 amide bonds. The lowest BCUT2D eigenvalue weighted by Crippen LogP contribution is -2.71. The Bertz CT molecular complexity index is 705. The van der Waals surface area contributed by atoms with E-state index < -0.39 is 9.85 Å². The quantitative estimate of drug-likeness (QED) is 0.376. The number of allylic oxidation sites excluding steroid dienone is 3. The minimum Gasteiger partial charge on any atom is -0.282 e. The largest absolute Gasteiger partial charge is 0.336 e. The molecule has 0 fully saturated rings. The van der Waals surface area contributed by atoms with E-state index in [9.17, 15) is 20.2 Å². The van der Waals surface area contributed by atoms with Gasteiger partial charge in [0.25, 0.3) is 5.69 Å². The van der Waals surface area contributed by atoms with Gasteiger partial charge in [-0.15, -0.1) is 0 Å². The van der Waals surface area contributed by atoms with Crippen LogP contribution in [0.4, 0.5) is 17.1 Å². The number of quaternary nitrogens is 1. The molecule has 1 heterocycles. The first-order valence-corrected chi connectivity index (χ1v) is 7.96. The molecule has 26 heavy (non-hydrogen) atoms. The Labute approximate surface area is 152 Å². The highest BCUT2D eigenvalue weighted by atomic mass is 16.6. The van der Waals surface area contributed by atoms with E-state index >= 15 is 0 Å². The van der Waals surface area contributed by atoms with E-state index in [-0.39, 0.29) is 11.4 Å². The molecule has 0 saturated heterocycles. The first-order chi connectivity index (χ1) is 12.6. The van der Waals surface area contributed by atoms with Gasteiger partial charge in [0, 0.05) is 24.5 Å². The fourth-order valence-corrected chi connectivity index (χ4v) is 1.59. The third kappa shape index (κ3) is 9.04. The number of nitro benzene ring substituents is 2. The van der Waals surface area contributed by atoms with Crippen molar-refractivity contribution in [2.45, 2.75) is 20.8 Å². The summed E-state index contributed by atoms with van der Waals surface area (Å²) in [6.45, 7) is 5.85. The van der Waals surface area contributed by atoms with Gasteiger partial charge in [0.15, 0.2) is 0 Å². The highest BCUT2D eigenvalue weighted by Crippen LogP contribution is 2.25. The highest BCUT2D eigenvalue weighted by molar-refractivity contribution is 5.57. The topological polar surface area (TPSA) is 116 Å². The number of hydrogen-bond acceptors (Lipinski definition) is 5. The molecule has 8 nitrogen and oxygen atoms in total. The van der Waals surface area contributed by atoms with Crippen LogP contribution in [-0.2, 0) is 0 Å². The van der Waals surface area contributed by atoms with Crippen LogP contribution in [0.15, 0.2) is 73.2 Å². The fourth-order valence-electron chi connectivity index (χ4n) is 1.59. The number of aromatic nitrogens is 1. The van der Waals surface area contributed by atoms with E-state index in [1.807, 2.05) is 45.0 Å². The molecule has 2 N–H and O–H groups in total. The van der Waals surface area contributed by atoms with Gasteiger partial charge in [0.2, 0.25) is 5.69 Å². The monoisotopic (exact) mass is 359 g/mol. The number of nitro groups is 2. The molecule has 1 aromatic heterocycles. The van der Waals surface area contributed by atoms with Crippen LogP contribution in [0, 0.1) is 20.2 Å². The van der Waals surface area contributed by atoms with Crippen LogP contribution in [-0.4, -0.2) is 14.8 Å². The van der Waals surface area contributed by atoms with Crippen molar-refractivity contribution in [2.24, 2.45) is 0 Å². The van der Waals surface area contributed by atoms with Gasteiger partial charge in [-0.1, -0.05) is 32.1 Å². The van der Waals surface area contributed by atoms with Crippen LogP contribution in [0.25, 0.3) is 0 Å². The number of non-ortho nitro benzene ring substituents is 1. The standard InChI is InChI=1S/C11H11N3O4.C5H5N.C2H6/c1-2-3-4-7-12-10-6-5-9(13(15)16)8-11(10)14(17)18;1-2-4-6-5-3-1;1-2/h2-8,12H,1H3;1-5H;1-2H3/p+1/b3-2-,7-4-;;. The third-order valence-corrected chi connectivity index (χ3v) is 2.68. The van der Waals surface area contributed by atoms with E-state index in [1.54, 1.807) is 30.7 Å². The second-order valence-corrected chi connectivity index (χ2v) is 4.36. The first-order valence-electron chi connectivity index (χ1n) is 7.96. The molecule has 0 aliphatic heterocycles. The summed E-state index contributed by atoms with van der Waals surface area (Å²) in [4.78, 5) is 23.8. The van der Waals surface area contributed by atoms with Crippen molar-refractivity contribution in [1.82, 2.24) is 4.98 Å². The molecule has 0 aliphatic carbocycles. The lowest BCUT2D eigenvalue weighted by atomic mass is 10.2. The van der Waals surface area contributed by atoms with E-state index in [0.29, 0.717) is 5.69 Å². The minimum absolute atomic E-state index is 0.283. The maximum Gasteiger partial charge on any atom is 0.336 e. The van der Waals surface area contributed by atoms with Gasteiger partial charge in [-0.3, -0.25) is 30.5 Å². The van der Waals surface area contributed by atoms with E-state index in [2.05, 4.69) is 4.98 Å². The Balaban J connectivity index is 0.000000648. The zero-order valence-corrected chi connectivity index (χ0v) is 15.0. The maximum absolute atomic E-state index is 10.8. The highest BCUT2D eigenvalue weighted by Gasteiger charge is 2.21. The van der Waals surface area contributed by atoms with Gasteiger partial charge in [-0.05, 0) is 25.1 Å². The third-order valence-electron chi connectivity index (χ3n) is 2.68. The Kier molecular flexibility index (Phi) is 12.2. The van der Waals surface area contributed by atoms with Crippen molar-refractivity contribution in [3.63, 3.8) is 0 Å². The van der Waals surface area contributed by atoms with Gasteiger partial charge in [-0.2, -0.15) is 0 Å². The smallest absolute Gasteiger partial charge is 0.282 e. The Hall–Kier alpha value is -3.39. The molecule has 1 aromatic carbocycles. The number of hydrogen-bond donors (Lipinski definition) is 1. The van der Waals surface area contributed by atoms with Crippen molar-refractivity contribution >= 4 is 17.1 Å². The molecule has 0 spiro atoms. The summed E-state index contributed by atoms with van der Waals surface area (Å²) < 4.78 is 0. The molecule has 2 rings (SSSR count). The molecule has 0 radical (unpaired) electrons. The van der Waals surface area contributed by atoms with E-state index in [4.69, 9.17) is 0 Å². The van der Waals surface area contributed by atoms with E-state index in [1.165, 1.54) is 17.4 Å². The van der Waals surface area contributed by atoms with Gasteiger partial charge in [0.05, 0.1) is 16.0 Å². The van der Waals surface area contributed by atoms with Crippen molar-refractivity contribution in [2.75, 3.05) is 0 Å². The molecule has 8 heteroatoms. The van der Waals surface area contributed by atoms with Gasteiger partial charge < -0.3 is 0 Å². The zero-order valence-electron chi connectivity index (χ0n) is 15.0. The molecule has 0 aliphatic rings. The number of benzene rings is 1. The number of nitrogens with two attached hydrogens (primary N) is 1.